The Balaban J connectivity index is 1.89. The molecule has 6 heteroatoms. The van der Waals surface area contributed by atoms with Gasteiger partial charge in [0.05, 0.1) is 0 Å². The highest BCUT2D eigenvalue weighted by Gasteiger charge is 2.30. The molecule has 1 saturated carbocycles. The zero-order valence-electron chi connectivity index (χ0n) is 10.2. The highest BCUT2D eigenvalue weighted by Crippen LogP contribution is 2.38. The summed E-state index contributed by atoms with van der Waals surface area (Å²) in [4.78, 5) is 17.4. The number of aromatic carboxylic acids is 1. The van der Waals surface area contributed by atoms with E-state index in [2.05, 4.69) is 10.3 Å². The Hall–Kier alpha value is -1.56. The summed E-state index contributed by atoms with van der Waals surface area (Å²) in [6, 6.07) is 0. The summed E-state index contributed by atoms with van der Waals surface area (Å²) in [5.74, 6) is 0.357. The summed E-state index contributed by atoms with van der Waals surface area (Å²) >= 11 is 0. The molecule has 1 aliphatic heterocycles. The van der Waals surface area contributed by atoms with Crippen molar-refractivity contribution in [2.45, 2.75) is 25.2 Å². The molecular formula is C12H17N3O3. The second-order valence-electron chi connectivity index (χ2n) is 4.88. The molecule has 0 unspecified atom stereocenters. The second kappa shape index (κ2) is 4.61. The number of anilines is 1. The van der Waals surface area contributed by atoms with Crippen LogP contribution in [0.5, 0.6) is 0 Å². The van der Waals surface area contributed by atoms with Crippen LogP contribution in [0.15, 0.2) is 4.42 Å². The number of nitrogens with zero attached hydrogens (tertiary/aromatic N) is 2. The number of aromatic nitrogens is 1. The van der Waals surface area contributed by atoms with E-state index in [-0.39, 0.29) is 5.69 Å². The van der Waals surface area contributed by atoms with Crippen molar-refractivity contribution in [1.82, 2.24) is 10.3 Å². The van der Waals surface area contributed by atoms with Gasteiger partial charge in [0.15, 0.2) is 0 Å². The molecule has 2 aliphatic rings. The molecule has 0 spiro atoms. The summed E-state index contributed by atoms with van der Waals surface area (Å²) in [5, 5.41) is 12.5. The molecule has 2 fully saturated rings. The molecule has 2 N–H and O–H groups in total. The Morgan fingerprint density at radius 3 is 2.67 bits per heavy atom. The fraction of sp³-hybridized carbons (Fsp3) is 0.667. The van der Waals surface area contributed by atoms with Gasteiger partial charge in [0.1, 0.15) is 0 Å². The highest BCUT2D eigenvalue weighted by molar-refractivity contribution is 5.90. The Kier molecular flexibility index (Phi) is 2.95. The number of hydrogen-bond acceptors (Lipinski definition) is 5. The van der Waals surface area contributed by atoms with Crippen molar-refractivity contribution >= 4 is 11.9 Å². The van der Waals surface area contributed by atoms with E-state index in [9.17, 15) is 9.90 Å². The first-order chi connectivity index (χ1) is 8.75. The Bertz CT molecular complexity index is 447. The molecule has 3 rings (SSSR count). The van der Waals surface area contributed by atoms with Gasteiger partial charge in [0.25, 0.3) is 0 Å². The van der Waals surface area contributed by atoms with Crippen LogP contribution in [0.25, 0.3) is 0 Å². The second-order valence-corrected chi connectivity index (χ2v) is 4.88. The predicted octanol–water partition coefficient (Wildman–Crippen LogP) is 1.05. The van der Waals surface area contributed by atoms with Crippen LogP contribution in [-0.2, 0) is 0 Å². The monoisotopic (exact) mass is 251 g/mol. The largest absolute Gasteiger partial charge is 0.476 e. The van der Waals surface area contributed by atoms with Crippen LogP contribution in [0, 0.1) is 0 Å². The average molecular weight is 251 g/mol. The van der Waals surface area contributed by atoms with Crippen molar-refractivity contribution in [2.75, 3.05) is 31.1 Å². The average Bonchev–Trinajstić information content (AvgIpc) is 2.73. The van der Waals surface area contributed by atoms with Crippen LogP contribution in [0.2, 0.25) is 0 Å². The molecule has 0 radical (unpaired) electrons. The van der Waals surface area contributed by atoms with Crippen molar-refractivity contribution in [1.29, 1.82) is 0 Å². The molecule has 0 atom stereocenters. The third-order valence-corrected chi connectivity index (χ3v) is 3.69. The number of carbonyl (C=O) groups is 1. The Labute approximate surface area is 105 Å². The zero-order valence-corrected chi connectivity index (χ0v) is 10.2. The molecule has 6 nitrogen and oxygen atoms in total. The maximum absolute atomic E-state index is 11.2. The van der Waals surface area contributed by atoms with Gasteiger partial charge in [-0.1, -0.05) is 6.42 Å². The minimum absolute atomic E-state index is 0.0683. The van der Waals surface area contributed by atoms with Crippen LogP contribution >= 0.6 is 0 Å². The number of oxazole rings is 1. The normalized spacial score (nSPS) is 20.8. The van der Waals surface area contributed by atoms with Crippen molar-refractivity contribution in [3.05, 3.63) is 11.6 Å². The molecule has 1 aliphatic carbocycles. The van der Waals surface area contributed by atoms with Crippen molar-refractivity contribution in [3.63, 3.8) is 0 Å². The first kappa shape index (κ1) is 11.5. The summed E-state index contributed by atoms with van der Waals surface area (Å²) in [7, 11) is 0. The molecule has 18 heavy (non-hydrogen) atoms. The Morgan fingerprint density at radius 2 is 2.11 bits per heavy atom. The smallest absolute Gasteiger partial charge is 0.360 e. The van der Waals surface area contributed by atoms with E-state index in [1.54, 1.807) is 0 Å². The van der Waals surface area contributed by atoms with Gasteiger partial charge in [0, 0.05) is 32.1 Å². The lowest BCUT2D eigenvalue weighted by molar-refractivity contribution is 0.0691. The SMILES string of the molecule is O=C(O)c1nc(C2CCC2)oc1N1CCNCC1. The maximum Gasteiger partial charge on any atom is 0.360 e. The van der Waals surface area contributed by atoms with Crippen molar-refractivity contribution in [3.8, 4) is 0 Å². The van der Waals surface area contributed by atoms with E-state index >= 15 is 0 Å². The fourth-order valence-corrected chi connectivity index (χ4v) is 2.38. The number of piperazine rings is 1. The molecule has 1 aromatic rings. The van der Waals surface area contributed by atoms with Gasteiger partial charge < -0.3 is 19.7 Å². The van der Waals surface area contributed by atoms with Gasteiger partial charge in [-0.25, -0.2) is 9.78 Å². The molecule has 2 heterocycles. The summed E-state index contributed by atoms with van der Waals surface area (Å²) in [5.41, 5.74) is 0.0683. The van der Waals surface area contributed by atoms with Gasteiger partial charge in [-0.2, -0.15) is 0 Å². The lowest BCUT2D eigenvalue weighted by Gasteiger charge is -2.27. The van der Waals surface area contributed by atoms with Crippen molar-refractivity contribution < 1.29 is 14.3 Å². The van der Waals surface area contributed by atoms with Gasteiger partial charge >= 0.3 is 5.97 Å². The number of nitrogens with one attached hydrogen (secondary N) is 1. The minimum Gasteiger partial charge on any atom is -0.476 e. The van der Waals surface area contributed by atoms with Crippen LogP contribution in [0.1, 0.15) is 41.6 Å². The third kappa shape index (κ3) is 1.96. The fourth-order valence-electron chi connectivity index (χ4n) is 2.38. The van der Waals surface area contributed by atoms with Gasteiger partial charge in [-0.3, -0.25) is 0 Å². The van der Waals surface area contributed by atoms with E-state index in [4.69, 9.17) is 4.42 Å². The Morgan fingerprint density at radius 1 is 1.39 bits per heavy atom. The van der Waals surface area contributed by atoms with E-state index in [0.717, 1.165) is 39.0 Å². The summed E-state index contributed by atoms with van der Waals surface area (Å²) < 4.78 is 5.73. The van der Waals surface area contributed by atoms with Gasteiger partial charge in [-0.05, 0) is 12.8 Å². The number of rotatable bonds is 3. The molecule has 98 valence electrons. The molecule has 1 saturated heterocycles. The number of carboxylic acid groups (broad SMARTS) is 1. The van der Waals surface area contributed by atoms with Crippen molar-refractivity contribution in [2.24, 2.45) is 0 Å². The highest BCUT2D eigenvalue weighted by atomic mass is 16.4. The third-order valence-electron chi connectivity index (χ3n) is 3.69. The quantitative estimate of drug-likeness (QED) is 0.836. The van der Waals surface area contributed by atoms with Crippen LogP contribution in [0.4, 0.5) is 5.88 Å². The van der Waals surface area contributed by atoms with Gasteiger partial charge in [-0.15, -0.1) is 0 Å². The lowest BCUT2D eigenvalue weighted by Crippen LogP contribution is -2.43. The maximum atomic E-state index is 11.2. The van der Waals surface area contributed by atoms with E-state index < -0.39 is 5.97 Å². The summed E-state index contributed by atoms with van der Waals surface area (Å²) in [6.07, 6.45) is 3.29. The van der Waals surface area contributed by atoms with Crippen LogP contribution in [-0.4, -0.2) is 42.2 Å². The molecule has 1 aromatic heterocycles. The molecular weight excluding hydrogens is 234 g/mol. The van der Waals surface area contributed by atoms with E-state index in [1.807, 2.05) is 4.90 Å². The zero-order chi connectivity index (χ0) is 12.5. The molecule has 0 aromatic carbocycles. The van der Waals surface area contributed by atoms with E-state index in [0.29, 0.717) is 17.7 Å². The standard InChI is InChI=1S/C12H17N3O3/c16-12(17)9-11(15-6-4-13-5-7-15)18-10(14-9)8-2-1-3-8/h8,13H,1-7H2,(H,16,17). The lowest BCUT2D eigenvalue weighted by atomic mass is 9.85. The molecule has 0 bridgehead atoms. The first-order valence-corrected chi connectivity index (χ1v) is 6.45. The van der Waals surface area contributed by atoms with Gasteiger partial charge in [0.2, 0.25) is 17.5 Å². The molecule has 0 amide bonds. The topological polar surface area (TPSA) is 78.6 Å². The number of carboxylic acids is 1. The van der Waals surface area contributed by atoms with Crippen LogP contribution in [0.3, 0.4) is 0 Å². The predicted molar refractivity (Wildman–Crippen MR) is 65.1 cm³/mol. The first-order valence-electron chi connectivity index (χ1n) is 6.45. The number of hydrogen-bond donors (Lipinski definition) is 2. The van der Waals surface area contributed by atoms with E-state index in [1.165, 1.54) is 6.42 Å². The minimum atomic E-state index is -1.00. The van der Waals surface area contributed by atoms with Crippen LogP contribution < -0.4 is 10.2 Å². The summed E-state index contributed by atoms with van der Waals surface area (Å²) in [6.45, 7) is 3.22.